The van der Waals surface area contributed by atoms with Gasteiger partial charge in [0.25, 0.3) is 0 Å². The molecule has 0 aromatic heterocycles. The molecule has 2 saturated carbocycles. The first-order valence-electron chi connectivity index (χ1n) is 9.77. The van der Waals surface area contributed by atoms with Gasteiger partial charge in [-0.25, -0.2) is 4.58 Å². The Hall–Kier alpha value is -1.84. The maximum atomic E-state index is 9.96. The van der Waals surface area contributed by atoms with E-state index in [1.54, 1.807) is 7.11 Å². The van der Waals surface area contributed by atoms with Gasteiger partial charge in [-0.15, -0.1) is 0 Å². The number of methoxy groups -OCH3 is 1. The van der Waals surface area contributed by atoms with Crippen molar-refractivity contribution < 1.29 is 14.5 Å². The van der Waals surface area contributed by atoms with Crippen molar-refractivity contribution in [3.05, 3.63) is 29.3 Å². The number of benzene rings is 1. The molecule has 1 aliphatic heterocycles. The Morgan fingerprint density at radius 3 is 2.92 bits per heavy atom. The molecule has 132 valence electrons. The lowest BCUT2D eigenvalue weighted by Crippen LogP contribution is -2.62. The van der Waals surface area contributed by atoms with Crippen LogP contribution in [0.25, 0.3) is 0 Å². The normalized spacial score (nSPS) is 34.9. The third-order valence-corrected chi connectivity index (χ3v) is 7.11. The lowest BCUT2D eigenvalue weighted by atomic mass is 9.52. The Labute approximate surface area is 149 Å². The zero-order valence-corrected chi connectivity index (χ0v) is 14.9. The molecule has 4 aliphatic rings. The molecule has 4 nitrogen and oxygen atoms in total. The molecule has 2 fully saturated rings. The molecule has 1 aromatic carbocycles. The Morgan fingerprint density at radius 2 is 2.16 bits per heavy atom. The zero-order valence-electron chi connectivity index (χ0n) is 14.9. The van der Waals surface area contributed by atoms with Crippen LogP contribution in [0.5, 0.6) is 5.75 Å². The fraction of sp³-hybridized carbons (Fsp3) is 0.619. The molecule has 0 radical (unpaired) electrons. The van der Waals surface area contributed by atoms with Gasteiger partial charge in [0, 0.05) is 18.3 Å². The predicted octanol–water partition coefficient (Wildman–Crippen LogP) is 3.39. The third-order valence-electron chi connectivity index (χ3n) is 7.11. The molecule has 1 aromatic rings. The fourth-order valence-electron chi connectivity index (χ4n) is 5.77. The van der Waals surface area contributed by atoms with Crippen molar-refractivity contribution in [3.63, 3.8) is 0 Å². The van der Waals surface area contributed by atoms with Crippen LogP contribution < -0.4 is 4.74 Å². The van der Waals surface area contributed by atoms with Crippen LogP contribution in [0.2, 0.25) is 0 Å². The minimum Gasteiger partial charge on any atom is -0.497 e. The van der Waals surface area contributed by atoms with Crippen molar-refractivity contribution in [1.29, 1.82) is 0 Å². The zero-order chi connectivity index (χ0) is 17.0. The second kappa shape index (κ2) is 5.58. The molecule has 1 heterocycles. The summed E-state index contributed by atoms with van der Waals surface area (Å²) in [5.74, 6) is 2.30. The van der Waals surface area contributed by atoms with Gasteiger partial charge >= 0.3 is 0 Å². The molecular weight excluding hydrogens is 312 g/mol. The van der Waals surface area contributed by atoms with Crippen LogP contribution in [0, 0.1) is 11.8 Å². The first-order chi connectivity index (χ1) is 12.3. The maximum Gasteiger partial charge on any atom is 0.189 e. The van der Waals surface area contributed by atoms with Crippen molar-refractivity contribution in [3.8, 4) is 5.75 Å². The Morgan fingerprint density at radius 1 is 1.28 bits per heavy atom. The van der Waals surface area contributed by atoms with E-state index in [2.05, 4.69) is 34.1 Å². The van der Waals surface area contributed by atoms with Crippen LogP contribution >= 0.6 is 0 Å². The van der Waals surface area contributed by atoms with Gasteiger partial charge in [0.15, 0.2) is 18.0 Å². The largest absolute Gasteiger partial charge is 0.497 e. The van der Waals surface area contributed by atoms with E-state index >= 15 is 0 Å². The van der Waals surface area contributed by atoms with Crippen molar-refractivity contribution >= 4 is 11.9 Å². The number of ether oxygens (including phenoxy) is 1. The van der Waals surface area contributed by atoms with E-state index in [-0.39, 0.29) is 5.41 Å². The van der Waals surface area contributed by atoms with Gasteiger partial charge in [-0.1, -0.05) is 24.1 Å². The van der Waals surface area contributed by atoms with Crippen molar-refractivity contribution in [2.45, 2.75) is 56.4 Å². The van der Waals surface area contributed by atoms with Crippen molar-refractivity contribution in [2.75, 3.05) is 13.7 Å². The molecule has 5 rings (SSSR count). The summed E-state index contributed by atoms with van der Waals surface area (Å²) in [4.78, 5) is 0. The smallest absolute Gasteiger partial charge is 0.189 e. The van der Waals surface area contributed by atoms with Crippen molar-refractivity contribution in [2.24, 2.45) is 17.0 Å². The highest BCUT2D eigenvalue weighted by Gasteiger charge is 2.60. The minimum absolute atomic E-state index is 0.125. The van der Waals surface area contributed by atoms with Crippen molar-refractivity contribution in [1.82, 2.24) is 0 Å². The van der Waals surface area contributed by atoms with Gasteiger partial charge in [-0.05, 0) is 48.9 Å². The number of fused-ring (bicyclic) bond motifs is 1. The molecule has 4 heteroatoms. The Kier molecular flexibility index (Phi) is 3.44. The number of nitrogens with zero attached hydrogens (tertiary/aromatic N) is 2. The topological polar surface area (TPSA) is 44.8 Å². The van der Waals surface area contributed by atoms with E-state index in [1.807, 2.05) is 0 Å². The lowest BCUT2D eigenvalue weighted by molar-refractivity contribution is -0.578. The Balaban J connectivity index is 1.70. The van der Waals surface area contributed by atoms with E-state index in [4.69, 9.17) is 4.74 Å². The Bertz CT molecular complexity index is 765. The van der Waals surface area contributed by atoms with Gasteiger partial charge in [0.2, 0.25) is 0 Å². The van der Waals surface area contributed by atoms with Gasteiger partial charge in [-0.3, -0.25) is 0 Å². The van der Waals surface area contributed by atoms with Crippen LogP contribution in [0.1, 0.15) is 49.7 Å². The summed E-state index contributed by atoms with van der Waals surface area (Å²) in [5.41, 5.74) is 3.52. The van der Waals surface area contributed by atoms with E-state index in [9.17, 15) is 5.21 Å². The highest BCUT2D eigenvalue weighted by atomic mass is 16.5. The molecule has 0 saturated heterocycles. The second-order valence-electron chi connectivity index (χ2n) is 8.37. The van der Waals surface area contributed by atoms with Crippen LogP contribution in [0.15, 0.2) is 23.4 Å². The first kappa shape index (κ1) is 15.4. The van der Waals surface area contributed by atoms with Crippen LogP contribution in [-0.2, 0) is 11.8 Å². The summed E-state index contributed by atoms with van der Waals surface area (Å²) in [7, 11) is 1.73. The summed E-state index contributed by atoms with van der Waals surface area (Å²) in [6.45, 7) is 1.13. The second-order valence-corrected chi connectivity index (χ2v) is 8.37. The third kappa shape index (κ3) is 2.19. The van der Waals surface area contributed by atoms with Gasteiger partial charge < -0.3 is 9.94 Å². The standard InChI is InChI=1S/C21H26N2O2/c1-25-16-8-7-15-10-19-17-4-2-3-9-21(17,18(15)11-16)20(22-24)13-23(19)12-14-5-6-14/h7-8,11,13-14,17,19H,2-6,9-10,12H2,1H3/p+1/t17-,19+,21+/m0/s1. The molecular formula is C21H27N2O2+. The van der Waals surface area contributed by atoms with E-state index in [1.165, 1.54) is 43.2 Å². The van der Waals surface area contributed by atoms with Crippen LogP contribution in [-0.4, -0.2) is 41.4 Å². The highest BCUT2D eigenvalue weighted by molar-refractivity contribution is 6.33. The number of hydrogen-bond donors (Lipinski definition) is 1. The SMILES string of the molecule is COc1ccc2c(c1)[C@@]13CCCC[C@H]1[C@@H](C2)[N+](CC1CC1)=CC3=NO. The lowest BCUT2D eigenvalue weighted by Gasteiger charge is -2.51. The number of oxime groups is 1. The van der Waals surface area contributed by atoms with Gasteiger partial charge in [-0.2, -0.15) is 0 Å². The number of hydrogen-bond acceptors (Lipinski definition) is 3. The molecule has 25 heavy (non-hydrogen) atoms. The fourth-order valence-corrected chi connectivity index (χ4v) is 5.77. The van der Waals surface area contributed by atoms with Gasteiger partial charge in [0.05, 0.1) is 12.5 Å². The minimum atomic E-state index is -0.125. The molecule has 0 unspecified atom stereocenters. The highest BCUT2D eigenvalue weighted by Crippen LogP contribution is 2.54. The average Bonchev–Trinajstić information content (AvgIpc) is 3.47. The molecule has 3 atom stereocenters. The summed E-state index contributed by atoms with van der Waals surface area (Å²) in [6, 6.07) is 7.08. The summed E-state index contributed by atoms with van der Waals surface area (Å²) >= 11 is 0. The van der Waals surface area contributed by atoms with Crippen LogP contribution in [0.3, 0.4) is 0 Å². The first-order valence-corrected chi connectivity index (χ1v) is 9.77. The average molecular weight is 339 g/mol. The summed E-state index contributed by atoms with van der Waals surface area (Å²) in [5, 5.41) is 13.8. The quantitative estimate of drug-likeness (QED) is 0.521. The predicted molar refractivity (Wildman–Crippen MR) is 97.3 cm³/mol. The van der Waals surface area contributed by atoms with Crippen LogP contribution in [0.4, 0.5) is 0 Å². The molecule has 0 spiro atoms. The summed E-state index contributed by atoms with van der Waals surface area (Å²) < 4.78 is 8.04. The number of rotatable bonds is 3. The molecule has 2 bridgehead atoms. The maximum absolute atomic E-state index is 9.96. The van der Waals surface area contributed by atoms with E-state index in [0.717, 1.165) is 36.8 Å². The molecule has 1 N–H and O–H groups in total. The molecule has 3 aliphatic carbocycles. The van der Waals surface area contributed by atoms with E-state index in [0.29, 0.717) is 12.0 Å². The summed E-state index contributed by atoms with van der Waals surface area (Å²) in [6.07, 6.45) is 10.8. The van der Waals surface area contributed by atoms with E-state index < -0.39 is 0 Å². The van der Waals surface area contributed by atoms with Gasteiger partial charge in [0.1, 0.15) is 12.3 Å². The molecule has 0 amide bonds. The monoisotopic (exact) mass is 339 g/mol.